The van der Waals surface area contributed by atoms with Gasteiger partial charge in [0.1, 0.15) is 18.2 Å². The molecular weight excluding hydrogens is 422 g/mol. The van der Waals surface area contributed by atoms with E-state index in [0.29, 0.717) is 37.3 Å². The first-order valence-corrected chi connectivity index (χ1v) is 11.7. The molecule has 0 aliphatic carbocycles. The predicted octanol–water partition coefficient (Wildman–Crippen LogP) is 0.254. The summed E-state index contributed by atoms with van der Waals surface area (Å²) in [6.07, 6.45) is 3.71. The molecule has 0 spiro atoms. The van der Waals surface area contributed by atoms with Crippen molar-refractivity contribution in [3.63, 3.8) is 0 Å². The number of hydrogen-bond donors (Lipinski definition) is 3. The van der Waals surface area contributed by atoms with Gasteiger partial charge in [-0.15, -0.1) is 0 Å². The average molecular weight is 454 g/mol. The number of benzene rings is 1. The summed E-state index contributed by atoms with van der Waals surface area (Å²) < 4.78 is 7.55. The fourth-order valence-corrected chi connectivity index (χ4v) is 4.84. The van der Waals surface area contributed by atoms with Crippen molar-refractivity contribution in [2.75, 3.05) is 57.7 Å². The zero-order valence-electron chi connectivity index (χ0n) is 18.7. The van der Waals surface area contributed by atoms with Crippen LogP contribution in [0.25, 0.3) is 5.69 Å². The van der Waals surface area contributed by atoms with E-state index in [9.17, 15) is 9.59 Å². The number of nitrogens with two attached hydrogens (primary N) is 1. The highest BCUT2D eigenvalue weighted by Gasteiger charge is 2.31. The monoisotopic (exact) mass is 453 g/mol. The number of amides is 2. The van der Waals surface area contributed by atoms with Crippen LogP contribution in [0.5, 0.6) is 5.75 Å². The van der Waals surface area contributed by atoms with Crippen molar-refractivity contribution >= 4 is 11.8 Å². The SMILES string of the molecule is NCC1CCN(C2COc3cc(-n4ccc(NC(=O)N5CCNCC5)nc4=O)ccc3C2)C1. The molecule has 3 aliphatic heterocycles. The number of carbonyl (C=O) groups is 1. The van der Waals surface area contributed by atoms with E-state index in [1.54, 1.807) is 17.2 Å². The van der Waals surface area contributed by atoms with E-state index < -0.39 is 5.69 Å². The van der Waals surface area contributed by atoms with E-state index in [-0.39, 0.29) is 11.8 Å². The zero-order valence-corrected chi connectivity index (χ0v) is 18.7. The molecule has 0 bridgehead atoms. The summed E-state index contributed by atoms with van der Waals surface area (Å²) in [7, 11) is 0. The zero-order chi connectivity index (χ0) is 22.8. The van der Waals surface area contributed by atoms with Crippen molar-refractivity contribution < 1.29 is 9.53 Å². The smallest absolute Gasteiger partial charge is 0.354 e. The average Bonchev–Trinajstić information content (AvgIpc) is 3.33. The number of nitrogens with one attached hydrogen (secondary N) is 2. The second kappa shape index (κ2) is 9.50. The number of aromatic nitrogens is 2. The Kier molecular flexibility index (Phi) is 6.30. The topological polar surface area (TPSA) is 118 Å². The number of ether oxygens (including phenoxy) is 1. The maximum absolute atomic E-state index is 12.7. The minimum atomic E-state index is -0.452. The maximum atomic E-state index is 12.7. The Balaban J connectivity index is 1.26. The summed E-state index contributed by atoms with van der Waals surface area (Å²) in [5.41, 5.74) is 7.22. The van der Waals surface area contributed by atoms with Gasteiger partial charge in [-0.25, -0.2) is 9.59 Å². The van der Waals surface area contributed by atoms with Crippen LogP contribution in [-0.2, 0) is 6.42 Å². The van der Waals surface area contributed by atoms with Crippen LogP contribution in [0.4, 0.5) is 10.6 Å². The Labute approximate surface area is 192 Å². The van der Waals surface area contributed by atoms with E-state index >= 15 is 0 Å². The van der Waals surface area contributed by atoms with Gasteiger partial charge in [-0.05, 0) is 49.5 Å². The summed E-state index contributed by atoms with van der Waals surface area (Å²) in [4.78, 5) is 33.3. The van der Waals surface area contributed by atoms with Gasteiger partial charge >= 0.3 is 11.7 Å². The Bertz CT molecular complexity index is 1070. The standard InChI is InChI=1S/C23H31N7O3/c24-13-16-3-7-29(14-16)19-11-17-1-2-18(12-20(17)33-15-19)30-8-4-21(27-23(30)32)26-22(31)28-9-5-25-6-10-28/h1-2,4,8,12,16,19,25H,3,5-7,9-11,13-15,24H2,(H,26,27,31,32). The highest BCUT2D eigenvalue weighted by Crippen LogP contribution is 2.30. The third-order valence-electron chi connectivity index (χ3n) is 6.83. The molecule has 2 atom stereocenters. The Morgan fingerprint density at radius 2 is 2.09 bits per heavy atom. The molecule has 0 radical (unpaired) electrons. The molecule has 2 fully saturated rings. The number of hydrogen-bond acceptors (Lipinski definition) is 7. The lowest BCUT2D eigenvalue weighted by Gasteiger charge is -2.32. The largest absolute Gasteiger partial charge is 0.492 e. The van der Waals surface area contributed by atoms with Gasteiger partial charge in [0.2, 0.25) is 0 Å². The molecule has 4 heterocycles. The molecule has 2 unspecified atom stereocenters. The molecular formula is C23H31N7O3. The number of anilines is 1. The number of rotatable bonds is 4. The Morgan fingerprint density at radius 3 is 2.85 bits per heavy atom. The first-order valence-electron chi connectivity index (χ1n) is 11.7. The van der Waals surface area contributed by atoms with Gasteiger partial charge in [-0.3, -0.25) is 14.8 Å². The summed E-state index contributed by atoms with van der Waals surface area (Å²) in [6.45, 7) is 6.27. The lowest BCUT2D eigenvalue weighted by molar-refractivity contribution is 0.138. The summed E-state index contributed by atoms with van der Waals surface area (Å²) >= 11 is 0. The fraction of sp³-hybridized carbons (Fsp3) is 0.522. The van der Waals surface area contributed by atoms with Gasteiger partial charge in [0.25, 0.3) is 0 Å². The van der Waals surface area contributed by atoms with Gasteiger partial charge in [0, 0.05) is 51.0 Å². The second-order valence-electron chi connectivity index (χ2n) is 8.98. The van der Waals surface area contributed by atoms with E-state index in [4.69, 9.17) is 10.5 Å². The molecule has 2 saturated heterocycles. The highest BCUT2D eigenvalue weighted by atomic mass is 16.5. The predicted molar refractivity (Wildman–Crippen MR) is 125 cm³/mol. The van der Waals surface area contributed by atoms with E-state index in [0.717, 1.165) is 56.9 Å². The van der Waals surface area contributed by atoms with Crippen LogP contribution in [0.3, 0.4) is 0 Å². The van der Waals surface area contributed by atoms with Crippen LogP contribution in [0.15, 0.2) is 35.3 Å². The van der Waals surface area contributed by atoms with Gasteiger partial charge in [0.15, 0.2) is 0 Å². The van der Waals surface area contributed by atoms with Crippen molar-refractivity contribution in [2.45, 2.75) is 18.9 Å². The third-order valence-corrected chi connectivity index (χ3v) is 6.83. The molecule has 2 amide bonds. The number of carbonyl (C=O) groups excluding carboxylic acids is 1. The molecule has 4 N–H and O–H groups in total. The lowest BCUT2D eigenvalue weighted by Crippen LogP contribution is -2.48. The molecule has 5 rings (SSSR count). The number of nitrogens with zero attached hydrogens (tertiary/aromatic N) is 4. The first-order chi connectivity index (χ1) is 16.1. The van der Waals surface area contributed by atoms with Crippen molar-refractivity contribution in [2.24, 2.45) is 11.7 Å². The number of urea groups is 1. The van der Waals surface area contributed by atoms with Crippen LogP contribution in [0.2, 0.25) is 0 Å². The number of likely N-dealkylation sites (tertiary alicyclic amines) is 1. The van der Waals surface area contributed by atoms with E-state index in [1.165, 1.54) is 4.57 Å². The van der Waals surface area contributed by atoms with Crippen LogP contribution in [0, 0.1) is 5.92 Å². The fourth-order valence-electron chi connectivity index (χ4n) is 4.84. The van der Waals surface area contributed by atoms with Gasteiger partial charge < -0.3 is 20.7 Å². The summed E-state index contributed by atoms with van der Waals surface area (Å²) in [6, 6.07) is 7.59. The minimum Gasteiger partial charge on any atom is -0.492 e. The highest BCUT2D eigenvalue weighted by molar-refractivity contribution is 5.88. The summed E-state index contributed by atoms with van der Waals surface area (Å²) in [5, 5.41) is 5.92. The molecule has 1 aromatic heterocycles. The maximum Gasteiger partial charge on any atom is 0.354 e. The molecule has 3 aliphatic rings. The van der Waals surface area contributed by atoms with Crippen molar-refractivity contribution in [1.29, 1.82) is 0 Å². The normalized spacial score (nSPS) is 23.1. The molecule has 1 aromatic carbocycles. The minimum absolute atomic E-state index is 0.242. The Hall–Kier alpha value is -2.95. The Morgan fingerprint density at radius 1 is 1.24 bits per heavy atom. The van der Waals surface area contributed by atoms with Crippen LogP contribution in [-0.4, -0.2) is 83.8 Å². The lowest BCUT2D eigenvalue weighted by atomic mass is 10.0. The summed E-state index contributed by atoms with van der Waals surface area (Å²) in [5.74, 6) is 1.64. The van der Waals surface area contributed by atoms with Crippen LogP contribution in [0.1, 0.15) is 12.0 Å². The molecule has 10 nitrogen and oxygen atoms in total. The molecule has 176 valence electrons. The van der Waals surface area contributed by atoms with E-state index in [1.807, 2.05) is 18.2 Å². The van der Waals surface area contributed by atoms with Crippen molar-refractivity contribution in [1.82, 2.24) is 24.7 Å². The molecule has 2 aromatic rings. The van der Waals surface area contributed by atoms with E-state index in [2.05, 4.69) is 20.5 Å². The molecule has 10 heteroatoms. The van der Waals surface area contributed by atoms with Gasteiger partial charge in [0.05, 0.1) is 5.69 Å². The van der Waals surface area contributed by atoms with Crippen molar-refractivity contribution in [3.8, 4) is 11.4 Å². The van der Waals surface area contributed by atoms with Crippen LogP contribution < -0.4 is 26.8 Å². The van der Waals surface area contributed by atoms with Crippen molar-refractivity contribution in [3.05, 3.63) is 46.5 Å². The number of fused-ring (bicyclic) bond motifs is 1. The molecule has 33 heavy (non-hydrogen) atoms. The second-order valence-corrected chi connectivity index (χ2v) is 8.98. The molecule has 0 saturated carbocycles. The number of piperazine rings is 1. The van der Waals surface area contributed by atoms with Crippen LogP contribution >= 0.6 is 0 Å². The third kappa shape index (κ3) is 4.73. The van der Waals surface area contributed by atoms with Gasteiger partial charge in [-0.2, -0.15) is 4.98 Å². The quantitative estimate of drug-likeness (QED) is 0.608. The van der Waals surface area contributed by atoms with Gasteiger partial charge in [-0.1, -0.05) is 6.07 Å². The first kappa shape index (κ1) is 21.9.